The zero-order chi connectivity index (χ0) is 22.8. The van der Waals surface area contributed by atoms with Gasteiger partial charge in [-0.25, -0.2) is 13.2 Å². The molecule has 1 aromatic carbocycles. The summed E-state index contributed by atoms with van der Waals surface area (Å²) in [4.78, 5) is 18.2. The van der Waals surface area contributed by atoms with Crippen LogP contribution in [0.15, 0.2) is 38.2 Å². The van der Waals surface area contributed by atoms with Gasteiger partial charge in [0.15, 0.2) is 5.82 Å². The highest BCUT2D eigenvalue weighted by molar-refractivity contribution is 8.01. The summed E-state index contributed by atoms with van der Waals surface area (Å²) in [5.41, 5.74) is 1.90. The summed E-state index contributed by atoms with van der Waals surface area (Å²) in [6, 6.07) is 6.60. The number of anilines is 1. The van der Waals surface area contributed by atoms with Gasteiger partial charge >= 0.3 is 5.69 Å². The van der Waals surface area contributed by atoms with E-state index >= 15 is 0 Å². The lowest BCUT2D eigenvalue weighted by molar-refractivity contribution is 0.601. The maximum absolute atomic E-state index is 13.0. The Labute approximate surface area is 192 Å². The van der Waals surface area contributed by atoms with E-state index < -0.39 is 15.7 Å². The van der Waals surface area contributed by atoms with E-state index in [4.69, 9.17) is 0 Å². The van der Waals surface area contributed by atoms with Gasteiger partial charge in [0, 0.05) is 16.3 Å². The molecule has 0 saturated heterocycles. The molecule has 2 aliphatic rings. The molecule has 0 bridgehead atoms. The molecule has 0 saturated carbocycles. The number of nitrogens with one attached hydrogen (secondary N) is 1. The van der Waals surface area contributed by atoms with Gasteiger partial charge in [0.05, 0.1) is 9.10 Å². The third kappa shape index (κ3) is 5.32. The van der Waals surface area contributed by atoms with E-state index in [2.05, 4.69) is 30.5 Å². The monoisotopic (exact) mass is 479 g/mol. The van der Waals surface area contributed by atoms with Gasteiger partial charge in [-0.05, 0) is 44.7 Å². The molecule has 6 nitrogen and oxygen atoms in total. The highest BCUT2D eigenvalue weighted by Gasteiger charge is 2.27. The van der Waals surface area contributed by atoms with Crippen LogP contribution in [0.4, 0.5) is 5.82 Å². The van der Waals surface area contributed by atoms with E-state index in [-0.39, 0.29) is 10.7 Å². The second-order valence-corrected chi connectivity index (χ2v) is 12.1. The van der Waals surface area contributed by atoms with Crippen LogP contribution in [-0.2, 0) is 16.4 Å². The molecular formula is C22H29N3O3S3. The molecular weight excluding hydrogens is 450 g/mol. The molecule has 1 N–H and O–H groups in total. The number of hydrogen-bond acceptors (Lipinski definition) is 6. The molecule has 2 heterocycles. The SMILES string of the molecule is CCCCc1sc(SCC(C)C)c2c(NS(=O)(=O)c3ccc(C)cc3)nc(=O)n-2c1C. The lowest BCUT2D eigenvalue weighted by Gasteiger charge is -2.18. The Morgan fingerprint density at radius 3 is 2.48 bits per heavy atom. The first-order chi connectivity index (χ1) is 14.6. The van der Waals surface area contributed by atoms with Gasteiger partial charge in [-0.3, -0.25) is 9.29 Å². The second kappa shape index (κ2) is 9.75. The van der Waals surface area contributed by atoms with Gasteiger partial charge in [0.1, 0.15) is 5.69 Å². The predicted molar refractivity (Wildman–Crippen MR) is 130 cm³/mol. The van der Waals surface area contributed by atoms with Crippen molar-refractivity contribution < 1.29 is 8.42 Å². The average Bonchev–Trinajstić information content (AvgIpc) is 3.02. The molecule has 0 aliphatic carbocycles. The zero-order valence-electron chi connectivity index (χ0n) is 18.6. The van der Waals surface area contributed by atoms with Gasteiger partial charge in [-0.15, -0.1) is 23.1 Å². The Balaban J connectivity index is 2.12. The van der Waals surface area contributed by atoms with Crippen LogP contribution in [0.3, 0.4) is 0 Å². The van der Waals surface area contributed by atoms with E-state index in [1.54, 1.807) is 51.9 Å². The Hall–Kier alpha value is -1.84. The number of aromatic nitrogens is 2. The van der Waals surface area contributed by atoms with Crippen molar-refractivity contribution in [2.24, 2.45) is 5.92 Å². The number of sulfonamides is 1. The summed E-state index contributed by atoms with van der Waals surface area (Å²) in [5, 5.41) is 0. The zero-order valence-corrected chi connectivity index (χ0v) is 21.0. The number of benzene rings is 1. The second-order valence-electron chi connectivity index (χ2n) is 8.05. The number of hydrogen-bond donors (Lipinski definition) is 1. The molecule has 0 unspecified atom stereocenters. The normalized spacial score (nSPS) is 12.1. The van der Waals surface area contributed by atoms with E-state index in [9.17, 15) is 13.2 Å². The van der Waals surface area contributed by atoms with Gasteiger partial charge in [-0.2, -0.15) is 4.98 Å². The predicted octanol–water partition coefficient (Wildman–Crippen LogP) is 5.24. The van der Waals surface area contributed by atoms with Crippen molar-refractivity contribution >= 4 is 38.9 Å². The maximum atomic E-state index is 13.0. The van der Waals surface area contributed by atoms with Crippen LogP contribution in [-0.4, -0.2) is 23.7 Å². The van der Waals surface area contributed by atoms with E-state index in [0.29, 0.717) is 11.6 Å². The molecule has 0 aromatic heterocycles. The van der Waals surface area contributed by atoms with Crippen molar-refractivity contribution in [2.45, 2.75) is 63.0 Å². The lowest BCUT2D eigenvalue weighted by atomic mass is 10.2. The summed E-state index contributed by atoms with van der Waals surface area (Å²) in [5.74, 6) is 1.42. The van der Waals surface area contributed by atoms with Crippen molar-refractivity contribution in [2.75, 3.05) is 10.5 Å². The summed E-state index contributed by atoms with van der Waals surface area (Å²) in [7, 11) is -3.86. The maximum Gasteiger partial charge on any atom is 0.354 e. The minimum Gasteiger partial charge on any atom is -0.261 e. The molecule has 0 radical (unpaired) electrons. The molecule has 1 aromatic rings. The number of fused-ring (bicyclic) bond motifs is 1. The van der Waals surface area contributed by atoms with E-state index in [1.807, 2.05) is 13.8 Å². The van der Waals surface area contributed by atoms with Gasteiger partial charge in [-0.1, -0.05) is 44.9 Å². The number of aryl methyl sites for hydroxylation is 2. The Kier molecular flexibility index (Phi) is 7.49. The smallest absolute Gasteiger partial charge is 0.261 e. The molecule has 9 heteroatoms. The molecule has 2 aliphatic heterocycles. The van der Waals surface area contributed by atoms with E-state index in [0.717, 1.165) is 45.4 Å². The van der Waals surface area contributed by atoms with Crippen LogP contribution in [0.1, 0.15) is 49.7 Å². The van der Waals surface area contributed by atoms with Gasteiger partial charge < -0.3 is 0 Å². The fraction of sp³-hybridized carbons (Fsp3) is 0.455. The Bertz CT molecular complexity index is 1180. The largest absolute Gasteiger partial charge is 0.354 e. The minimum absolute atomic E-state index is 0.0956. The molecule has 0 spiro atoms. The topological polar surface area (TPSA) is 81.1 Å². The first-order valence-corrected chi connectivity index (χ1v) is 13.7. The van der Waals surface area contributed by atoms with Crippen LogP contribution in [0.25, 0.3) is 5.69 Å². The van der Waals surface area contributed by atoms with Crippen LogP contribution in [0.2, 0.25) is 0 Å². The molecule has 0 atom stereocenters. The standard InChI is InChI=1S/C22H29N3O3S3/c1-6-7-8-18-16(5)25-19(21(30-18)29-13-14(2)3)20(23-22(25)26)24-31(27,28)17-11-9-15(4)10-12-17/h9-12,14H,6-8,13H2,1-5H3,(H,23,24,26). The lowest BCUT2D eigenvalue weighted by Crippen LogP contribution is -2.18. The molecule has 3 rings (SSSR count). The molecule has 31 heavy (non-hydrogen) atoms. The van der Waals surface area contributed by atoms with Crippen LogP contribution in [0, 0.1) is 19.8 Å². The molecule has 168 valence electrons. The van der Waals surface area contributed by atoms with Crippen LogP contribution >= 0.6 is 23.1 Å². The van der Waals surface area contributed by atoms with Crippen LogP contribution < -0.4 is 10.4 Å². The van der Waals surface area contributed by atoms with Crippen molar-refractivity contribution in [1.29, 1.82) is 0 Å². The Morgan fingerprint density at radius 1 is 1.19 bits per heavy atom. The van der Waals surface area contributed by atoms with Crippen molar-refractivity contribution in [3.05, 3.63) is 50.9 Å². The summed E-state index contributed by atoms with van der Waals surface area (Å²) < 4.78 is 31.0. The van der Waals surface area contributed by atoms with Crippen molar-refractivity contribution in [3.8, 4) is 5.69 Å². The summed E-state index contributed by atoms with van der Waals surface area (Å²) in [6.07, 6.45) is 2.99. The number of unbranched alkanes of at least 4 members (excludes halogenated alkanes) is 1. The number of imidazole rings is 1. The minimum atomic E-state index is -3.86. The fourth-order valence-corrected chi connectivity index (χ4v) is 6.70. The number of rotatable bonds is 9. The first-order valence-electron chi connectivity index (χ1n) is 10.4. The van der Waals surface area contributed by atoms with Crippen molar-refractivity contribution in [3.63, 3.8) is 0 Å². The third-order valence-corrected chi connectivity index (χ3v) is 9.23. The quantitative estimate of drug-likeness (QED) is 0.425. The Morgan fingerprint density at radius 2 is 1.87 bits per heavy atom. The fourth-order valence-electron chi connectivity index (χ4n) is 3.14. The average molecular weight is 480 g/mol. The highest BCUT2D eigenvalue weighted by atomic mass is 32.2. The number of nitrogens with zero attached hydrogens (tertiary/aromatic N) is 2. The molecule has 0 amide bonds. The van der Waals surface area contributed by atoms with Crippen LogP contribution in [0.5, 0.6) is 0 Å². The highest BCUT2D eigenvalue weighted by Crippen LogP contribution is 2.39. The summed E-state index contributed by atoms with van der Waals surface area (Å²) >= 11 is 3.29. The third-order valence-electron chi connectivity index (χ3n) is 4.86. The summed E-state index contributed by atoms with van der Waals surface area (Å²) in [6.45, 7) is 10.2. The van der Waals surface area contributed by atoms with Gasteiger partial charge in [0.2, 0.25) is 0 Å². The molecule has 0 fully saturated rings. The van der Waals surface area contributed by atoms with E-state index in [1.165, 1.54) is 0 Å². The van der Waals surface area contributed by atoms with Crippen molar-refractivity contribution in [1.82, 2.24) is 9.55 Å². The first kappa shape index (κ1) is 23.8. The number of thioether (sulfide) groups is 1. The van der Waals surface area contributed by atoms with Gasteiger partial charge in [0.25, 0.3) is 10.0 Å².